The van der Waals surface area contributed by atoms with Gasteiger partial charge in [-0.1, -0.05) is 6.07 Å². The van der Waals surface area contributed by atoms with E-state index in [1.54, 1.807) is 30.1 Å². The van der Waals surface area contributed by atoms with Gasteiger partial charge in [-0.2, -0.15) is 13.2 Å². The summed E-state index contributed by atoms with van der Waals surface area (Å²) in [6.07, 6.45) is -4.01. The summed E-state index contributed by atoms with van der Waals surface area (Å²) in [6, 6.07) is 13.6. The second kappa shape index (κ2) is 12.3. The van der Waals surface area contributed by atoms with Crippen LogP contribution in [0, 0.1) is 0 Å². The molecule has 0 aliphatic carbocycles. The normalized spacial score (nSPS) is 20.7. The third kappa shape index (κ3) is 6.68. The van der Waals surface area contributed by atoms with E-state index in [-0.39, 0.29) is 60.6 Å². The number of ether oxygens (including phenoxy) is 4. The number of alkyl halides is 3. The molecule has 3 amide bonds. The molecule has 45 heavy (non-hydrogen) atoms. The minimum atomic E-state index is -4.51. The first-order valence-electron chi connectivity index (χ1n) is 14.4. The topological polar surface area (TPSA) is 115 Å². The summed E-state index contributed by atoms with van der Waals surface area (Å²) < 4.78 is 61.5. The molecular weight excluding hydrogens is 595 g/mol. The van der Waals surface area contributed by atoms with Gasteiger partial charge in [-0.3, -0.25) is 14.4 Å². The summed E-state index contributed by atoms with van der Waals surface area (Å²) in [5, 5.41) is 5.54. The van der Waals surface area contributed by atoms with Crippen molar-refractivity contribution >= 4 is 23.4 Å². The zero-order chi connectivity index (χ0) is 31.7. The average Bonchev–Trinajstić information content (AvgIpc) is 3.50. The van der Waals surface area contributed by atoms with Crippen molar-refractivity contribution in [2.45, 2.75) is 50.2 Å². The molecule has 0 spiro atoms. The van der Waals surface area contributed by atoms with Gasteiger partial charge < -0.3 is 34.5 Å². The predicted octanol–water partition coefficient (Wildman–Crippen LogP) is 4.77. The molecule has 1 saturated heterocycles. The van der Waals surface area contributed by atoms with Gasteiger partial charge >= 0.3 is 6.18 Å². The lowest BCUT2D eigenvalue weighted by atomic mass is 9.94. The standard InChI is InChI=1S/C32H30F3N3O7/c1-38-24-9-8-22(14-29(39)36-15-18-2-10-26-27(12-18)44-17-43-26)45-28(24)16-42-25-11-7-21(13-23(25)31(38)41)37-30(40)19-3-5-20(6-4-19)32(33,34)35/h2-7,10-13,22,24,28H,8-9,14-17H2,1H3,(H,36,39)(H,37,40)/t22-,24-,28+/m0/s1. The summed E-state index contributed by atoms with van der Waals surface area (Å²) in [4.78, 5) is 40.5. The summed E-state index contributed by atoms with van der Waals surface area (Å²) in [7, 11) is 1.67. The Kier molecular flexibility index (Phi) is 8.28. The Morgan fingerprint density at radius 1 is 0.933 bits per heavy atom. The Morgan fingerprint density at radius 2 is 1.69 bits per heavy atom. The molecule has 1 fully saturated rings. The highest BCUT2D eigenvalue weighted by Crippen LogP contribution is 2.34. The first-order chi connectivity index (χ1) is 21.5. The van der Waals surface area contributed by atoms with Gasteiger partial charge in [0.05, 0.1) is 29.7 Å². The fraction of sp³-hybridized carbons (Fsp3) is 0.344. The van der Waals surface area contributed by atoms with Crippen LogP contribution < -0.4 is 24.8 Å². The number of halogens is 3. The van der Waals surface area contributed by atoms with Crippen molar-refractivity contribution in [2.75, 3.05) is 25.8 Å². The first-order valence-corrected chi connectivity index (χ1v) is 14.4. The van der Waals surface area contributed by atoms with Crippen LogP contribution in [0.1, 0.15) is 51.1 Å². The SMILES string of the molecule is CN1C(=O)c2cc(NC(=O)c3ccc(C(F)(F)F)cc3)ccc2OC[C@H]2O[C@H](CC(=O)NCc3ccc4c(c3)OCO4)CC[C@@H]21. The molecule has 236 valence electrons. The van der Waals surface area contributed by atoms with Gasteiger partial charge in [0.15, 0.2) is 11.5 Å². The van der Waals surface area contributed by atoms with Gasteiger partial charge in [0.2, 0.25) is 12.7 Å². The number of amides is 3. The third-order valence-corrected chi connectivity index (χ3v) is 8.08. The molecule has 0 aromatic heterocycles. The van der Waals surface area contributed by atoms with Crippen LogP contribution >= 0.6 is 0 Å². The molecular formula is C32H30F3N3O7. The fourth-order valence-corrected chi connectivity index (χ4v) is 5.65. The number of fused-ring (bicyclic) bond motifs is 3. The van der Waals surface area contributed by atoms with Gasteiger partial charge in [0, 0.05) is 24.8 Å². The number of nitrogens with zero attached hydrogens (tertiary/aromatic N) is 1. The van der Waals surface area contributed by atoms with Crippen LogP contribution in [-0.2, 0) is 22.3 Å². The molecule has 0 radical (unpaired) electrons. The van der Waals surface area contributed by atoms with E-state index in [1.807, 2.05) is 12.1 Å². The van der Waals surface area contributed by atoms with Crippen LogP contribution in [-0.4, -0.2) is 61.3 Å². The second-order valence-electron chi connectivity index (χ2n) is 11.1. The molecule has 3 aliphatic heterocycles. The molecule has 0 unspecified atom stereocenters. The fourth-order valence-electron chi connectivity index (χ4n) is 5.65. The smallest absolute Gasteiger partial charge is 0.416 e. The van der Waals surface area contributed by atoms with Crippen molar-refractivity contribution in [2.24, 2.45) is 0 Å². The second-order valence-corrected chi connectivity index (χ2v) is 11.1. The third-order valence-electron chi connectivity index (χ3n) is 8.08. The van der Waals surface area contributed by atoms with E-state index in [4.69, 9.17) is 18.9 Å². The molecule has 2 N–H and O–H groups in total. The molecule has 10 nitrogen and oxygen atoms in total. The molecule has 13 heteroatoms. The maximum Gasteiger partial charge on any atom is 0.416 e. The molecule has 0 bridgehead atoms. The van der Waals surface area contributed by atoms with E-state index in [0.29, 0.717) is 36.6 Å². The van der Waals surface area contributed by atoms with Crippen LogP contribution in [0.5, 0.6) is 17.2 Å². The van der Waals surface area contributed by atoms with Crippen molar-refractivity contribution in [3.8, 4) is 17.2 Å². The Hall–Kier alpha value is -4.78. The monoisotopic (exact) mass is 625 g/mol. The van der Waals surface area contributed by atoms with Crippen LogP contribution in [0.15, 0.2) is 60.7 Å². The number of nitrogens with one attached hydrogen (secondary N) is 2. The summed E-state index contributed by atoms with van der Waals surface area (Å²) >= 11 is 0. The molecule has 0 saturated carbocycles. The number of hydrogen-bond acceptors (Lipinski definition) is 7. The highest BCUT2D eigenvalue weighted by molar-refractivity contribution is 6.05. The van der Waals surface area contributed by atoms with Crippen LogP contribution in [0.25, 0.3) is 0 Å². The van der Waals surface area contributed by atoms with Crippen LogP contribution in [0.4, 0.5) is 18.9 Å². The highest BCUT2D eigenvalue weighted by atomic mass is 19.4. The van der Waals surface area contributed by atoms with E-state index in [1.165, 1.54) is 6.07 Å². The van der Waals surface area contributed by atoms with E-state index >= 15 is 0 Å². The molecule has 3 aromatic rings. The maximum atomic E-state index is 13.5. The zero-order valence-electron chi connectivity index (χ0n) is 24.2. The Balaban J connectivity index is 1.06. The van der Waals surface area contributed by atoms with Gasteiger partial charge in [-0.05, 0) is 73.0 Å². The Morgan fingerprint density at radius 3 is 2.47 bits per heavy atom. The Bertz CT molecular complexity index is 1610. The molecule has 3 atom stereocenters. The Labute approximate surface area is 256 Å². The van der Waals surface area contributed by atoms with Crippen molar-refractivity contribution in [1.82, 2.24) is 10.2 Å². The van der Waals surface area contributed by atoms with Gasteiger partial charge in [-0.15, -0.1) is 0 Å². The summed E-state index contributed by atoms with van der Waals surface area (Å²) in [5.41, 5.74) is 0.571. The number of anilines is 1. The van der Waals surface area contributed by atoms with Crippen molar-refractivity contribution in [1.29, 1.82) is 0 Å². The number of rotatable bonds is 6. The lowest BCUT2D eigenvalue weighted by Crippen LogP contribution is -2.53. The molecule has 6 rings (SSSR count). The van der Waals surface area contributed by atoms with Gasteiger partial charge in [0.25, 0.3) is 11.8 Å². The van der Waals surface area contributed by atoms with E-state index in [2.05, 4.69) is 10.6 Å². The van der Waals surface area contributed by atoms with Crippen molar-refractivity contribution < 1.29 is 46.5 Å². The number of carbonyl (C=O) groups is 3. The van der Waals surface area contributed by atoms with Crippen LogP contribution in [0.2, 0.25) is 0 Å². The maximum absolute atomic E-state index is 13.5. The quantitative estimate of drug-likeness (QED) is 0.406. The van der Waals surface area contributed by atoms with E-state index in [9.17, 15) is 27.6 Å². The molecule has 3 heterocycles. The van der Waals surface area contributed by atoms with Crippen molar-refractivity contribution in [3.63, 3.8) is 0 Å². The summed E-state index contributed by atoms with van der Waals surface area (Å²) in [6.45, 7) is 0.649. The molecule has 3 aliphatic rings. The predicted molar refractivity (Wildman–Crippen MR) is 154 cm³/mol. The van der Waals surface area contributed by atoms with Gasteiger partial charge in [0.1, 0.15) is 18.5 Å². The lowest BCUT2D eigenvalue weighted by molar-refractivity contribution is -0.137. The minimum absolute atomic E-state index is 0.0350. The summed E-state index contributed by atoms with van der Waals surface area (Å²) in [5.74, 6) is 0.490. The number of likely N-dealkylation sites (N-methyl/N-ethyl adjacent to an activating group) is 1. The number of carbonyl (C=O) groups excluding carboxylic acids is 3. The van der Waals surface area contributed by atoms with E-state index < -0.39 is 23.8 Å². The number of hydrogen-bond donors (Lipinski definition) is 2. The first kappa shape index (κ1) is 30.3. The zero-order valence-corrected chi connectivity index (χ0v) is 24.2. The van der Waals surface area contributed by atoms with E-state index in [0.717, 1.165) is 29.8 Å². The largest absolute Gasteiger partial charge is 0.490 e. The van der Waals surface area contributed by atoms with Crippen molar-refractivity contribution in [3.05, 3.63) is 82.9 Å². The van der Waals surface area contributed by atoms with Crippen LogP contribution in [0.3, 0.4) is 0 Å². The molecule has 3 aromatic carbocycles. The number of benzene rings is 3. The highest BCUT2D eigenvalue weighted by Gasteiger charge is 2.39. The minimum Gasteiger partial charge on any atom is -0.490 e. The average molecular weight is 626 g/mol. The van der Waals surface area contributed by atoms with Gasteiger partial charge in [-0.25, -0.2) is 0 Å². The lowest BCUT2D eigenvalue weighted by Gasteiger charge is -2.42.